The van der Waals surface area contributed by atoms with Gasteiger partial charge < -0.3 is 25.6 Å². The van der Waals surface area contributed by atoms with Crippen molar-refractivity contribution in [1.29, 1.82) is 0 Å². The molecule has 0 unspecified atom stereocenters. The second kappa shape index (κ2) is 11.8. The number of carbonyl (C=O) groups is 3. The van der Waals surface area contributed by atoms with Gasteiger partial charge in [0.25, 0.3) is 11.8 Å². The van der Waals surface area contributed by atoms with Gasteiger partial charge in [0.15, 0.2) is 0 Å². The summed E-state index contributed by atoms with van der Waals surface area (Å²) in [5, 5.41) is 8.75. The van der Waals surface area contributed by atoms with Crippen molar-refractivity contribution in [3.63, 3.8) is 0 Å². The maximum absolute atomic E-state index is 12.7. The topological polar surface area (TPSA) is 99.8 Å². The van der Waals surface area contributed by atoms with Crippen molar-refractivity contribution in [3.8, 4) is 0 Å². The van der Waals surface area contributed by atoms with Gasteiger partial charge in [0, 0.05) is 42.1 Å². The lowest BCUT2D eigenvalue weighted by Gasteiger charge is -2.27. The molecular weight excluding hydrogens is 444 g/mol. The standard InChI is InChI=1S/C27H28N4O4/c32-25(30-24-8-4-7-22(17-24)27(34)31-13-15-35-16-14-31)19-28-23-11-9-21(10-12-23)26(33)29-18-20-5-2-1-3-6-20/h1-12,17,28H,13-16,18-19H2,(H,29,33)(H,30,32). The van der Waals surface area contributed by atoms with E-state index in [1.165, 1.54) is 0 Å². The van der Waals surface area contributed by atoms with Crippen molar-refractivity contribution in [2.75, 3.05) is 43.5 Å². The average Bonchev–Trinajstić information content (AvgIpc) is 2.91. The summed E-state index contributed by atoms with van der Waals surface area (Å²) in [5.41, 5.74) is 3.37. The van der Waals surface area contributed by atoms with Crippen LogP contribution in [0.25, 0.3) is 0 Å². The molecule has 0 atom stereocenters. The van der Waals surface area contributed by atoms with E-state index in [0.717, 1.165) is 11.3 Å². The van der Waals surface area contributed by atoms with E-state index in [1.807, 2.05) is 30.3 Å². The number of rotatable bonds is 8. The Bertz CT molecular complexity index is 1160. The van der Waals surface area contributed by atoms with E-state index in [-0.39, 0.29) is 24.3 Å². The van der Waals surface area contributed by atoms with Gasteiger partial charge in [-0.2, -0.15) is 0 Å². The molecular formula is C27H28N4O4. The highest BCUT2D eigenvalue weighted by molar-refractivity contribution is 5.98. The Labute approximate surface area is 204 Å². The maximum Gasteiger partial charge on any atom is 0.254 e. The Kier molecular flexibility index (Phi) is 8.08. The molecule has 1 aliphatic heterocycles. The monoisotopic (exact) mass is 472 g/mol. The molecule has 1 fully saturated rings. The van der Waals surface area contributed by atoms with E-state index >= 15 is 0 Å². The number of ether oxygens (including phenoxy) is 1. The van der Waals surface area contributed by atoms with Gasteiger partial charge >= 0.3 is 0 Å². The van der Waals surface area contributed by atoms with Gasteiger partial charge in [-0.3, -0.25) is 14.4 Å². The average molecular weight is 473 g/mol. The lowest BCUT2D eigenvalue weighted by molar-refractivity contribution is -0.114. The number of nitrogens with zero attached hydrogens (tertiary/aromatic N) is 1. The second-order valence-corrected chi connectivity index (χ2v) is 8.13. The fourth-order valence-corrected chi connectivity index (χ4v) is 3.69. The lowest BCUT2D eigenvalue weighted by atomic mass is 10.1. The van der Waals surface area contributed by atoms with E-state index < -0.39 is 0 Å². The van der Waals surface area contributed by atoms with Crippen LogP contribution in [0, 0.1) is 0 Å². The van der Waals surface area contributed by atoms with E-state index in [1.54, 1.807) is 53.4 Å². The lowest BCUT2D eigenvalue weighted by Crippen LogP contribution is -2.40. The minimum atomic E-state index is -0.245. The summed E-state index contributed by atoms with van der Waals surface area (Å²) < 4.78 is 5.29. The zero-order chi connectivity index (χ0) is 24.5. The predicted molar refractivity (Wildman–Crippen MR) is 134 cm³/mol. The molecule has 35 heavy (non-hydrogen) atoms. The quantitative estimate of drug-likeness (QED) is 0.468. The molecule has 0 bridgehead atoms. The molecule has 3 aromatic carbocycles. The first-order chi connectivity index (χ1) is 17.1. The van der Waals surface area contributed by atoms with Crippen LogP contribution in [0.5, 0.6) is 0 Å². The van der Waals surface area contributed by atoms with Crippen LogP contribution in [0.2, 0.25) is 0 Å². The molecule has 1 heterocycles. The van der Waals surface area contributed by atoms with Crippen molar-refractivity contribution >= 4 is 29.1 Å². The van der Waals surface area contributed by atoms with Gasteiger partial charge in [0.1, 0.15) is 0 Å². The summed E-state index contributed by atoms with van der Waals surface area (Å²) in [4.78, 5) is 39.2. The molecule has 0 radical (unpaired) electrons. The molecule has 1 saturated heterocycles. The van der Waals surface area contributed by atoms with Gasteiger partial charge in [-0.25, -0.2) is 0 Å². The SMILES string of the molecule is O=C(CNc1ccc(C(=O)NCc2ccccc2)cc1)Nc1cccc(C(=O)N2CCOCC2)c1. The van der Waals surface area contributed by atoms with Crippen LogP contribution in [0.1, 0.15) is 26.3 Å². The molecule has 0 aliphatic carbocycles. The number of hydrogen-bond acceptors (Lipinski definition) is 5. The van der Waals surface area contributed by atoms with Gasteiger partial charge in [-0.15, -0.1) is 0 Å². The zero-order valence-corrected chi connectivity index (χ0v) is 19.3. The predicted octanol–water partition coefficient (Wildman–Crippen LogP) is 3.14. The highest BCUT2D eigenvalue weighted by Crippen LogP contribution is 2.14. The summed E-state index contributed by atoms with van der Waals surface area (Å²) in [6.07, 6.45) is 0. The molecule has 8 heteroatoms. The van der Waals surface area contributed by atoms with Crippen molar-refractivity contribution in [1.82, 2.24) is 10.2 Å². The first kappa shape index (κ1) is 24.0. The van der Waals surface area contributed by atoms with Crippen molar-refractivity contribution in [2.24, 2.45) is 0 Å². The third-order valence-electron chi connectivity index (χ3n) is 5.59. The number of morpholine rings is 1. The maximum atomic E-state index is 12.7. The molecule has 0 aromatic heterocycles. The second-order valence-electron chi connectivity index (χ2n) is 8.13. The van der Waals surface area contributed by atoms with Crippen LogP contribution < -0.4 is 16.0 Å². The number of benzene rings is 3. The van der Waals surface area contributed by atoms with Gasteiger partial charge in [0.2, 0.25) is 5.91 Å². The fourth-order valence-electron chi connectivity index (χ4n) is 3.69. The zero-order valence-electron chi connectivity index (χ0n) is 19.3. The molecule has 3 aromatic rings. The number of anilines is 2. The van der Waals surface area contributed by atoms with Crippen LogP contribution in [0.15, 0.2) is 78.9 Å². The Morgan fingerprint density at radius 3 is 2.29 bits per heavy atom. The van der Waals surface area contributed by atoms with Gasteiger partial charge in [-0.05, 0) is 48.0 Å². The Balaban J connectivity index is 1.25. The van der Waals surface area contributed by atoms with E-state index in [2.05, 4.69) is 16.0 Å². The van der Waals surface area contributed by atoms with Crippen LogP contribution in [0.4, 0.5) is 11.4 Å². The third-order valence-corrected chi connectivity index (χ3v) is 5.59. The third kappa shape index (κ3) is 6.91. The van der Waals surface area contributed by atoms with Crippen LogP contribution in [0.3, 0.4) is 0 Å². The summed E-state index contributed by atoms with van der Waals surface area (Å²) in [5.74, 6) is -0.481. The van der Waals surface area contributed by atoms with E-state index in [4.69, 9.17) is 4.74 Å². The Morgan fingerprint density at radius 1 is 0.800 bits per heavy atom. The minimum absolute atomic E-state index is 0.0428. The Morgan fingerprint density at radius 2 is 1.54 bits per heavy atom. The molecule has 1 aliphatic rings. The van der Waals surface area contributed by atoms with E-state index in [0.29, 0.717) is 49.7 Å². The molecule has 4 rings (SSSR count). The summed E-state index contributed by atoms with van der Waals surface area (Å²) in [6.45, 7) is 2.69. The molecule has 180 valence electrons. The largest absolute Gasteiger partial charge is 0.378 e. The number of hydrogen-bond donors (Lipinski definition) is 3. The smallest absolute Gasteiger partial charge is 0.254 e. The fraction of sp³-hybridized carbons (Fsp3) is 0.222. The van der Waals surface area contributed by atoms with Gasteiger partial charge in [-0.1, -0.05) is 36.4 Å². The van der Waals surface area contributed by atoms with Crippen LogP contribution >= 0.6 is 0 Å². The van der Waals surface area contributed by atoms with Crippen molar-refractivity contribution < 1.29 is 19.1 Å². The molecule has 3 amide bonds. The van der Waals surface area contributed by atoms with Crippen LogP contribution in [-0.2, 0) is 16.1 Å². The van der Waals surface area contributed by atoms with Crippen molar-refractivity contribution in [3.05, 3.63) is 95.6 Å². The molecule has 0 saturated carbocycles. The highest BCUT2D eigenvalue weighted by atomic mass is 16.5. The van der Waals surface area contributed by atoms with E-state index in [9.17, 15) is 14.4 Å². The number of carbonyl (C=O) groups excluding carboxylic acids is 3. The highest BCUT2D eigenvalue weighted by Gasteiger charge is 2.18. The normalized spacial score (nSPS) is 13.1. The van der Waals surface area contributed by atoms with Crippen molar-refractivity contribution in [2.45, 2.75) is 6.54 Å². The number of amides is 3. The summed E-state index contributed by atoms with van der Waals surface area (Å²) >= 11 is 0. The molecule has 3 N–H and O–H groups in total. The van der Waals surface area contributed by atoms with Crippen LogP contribution in [-0.4, -0.2) is 55.5 Å². The molecule has 8 nitrogen and oxygen atoms in total. The first-order valence-electron chi connectivity index (χ1n) is 11.5. The van der Waals surface area contributed by atoms with Gasteiger partial charge in [0.05, 0.1) is 19.8 Å². The Hall–Kier alpha value is -4.17. The summed E-state index contributed by atoms with van der Waals surface area (Å²) in [7, 11) is 0. The number of nitrogens with one attached hydrogen (secondary N) is 3. The molecule has 0 spiro atoms. The minimum Gasteiger partial charge on any atom is -0.378 e. The first-order valence-corrected chi connectivity index (χ1v) is 11.5. The summed E-state index contributed by atoms with van der Waals surface area (Å²) in [6, 6.07) is 23.5.